The third-order valence-electron chi connectivity index (χ3n) is 2.37. The monoisotopic (exact) mass is 193 g/mol. The summed E-state index contributed by atoms with van der Waals surface area (Å²) in [5.74, 6) is 0.870. The van der Waals surface area contributed by atoms with Crippen molar-refractivity contribution in [2.24, 2.45) is 0 Å². The largest absolute Gasteiger partial charge is 0.376 e. The maximum absolute atomic E-state index is 5.59. The van der Waals surface area contributed by atoms with Crippen molar-refractivity contribution in [1.29, 1.82) is 0 Å². The van der Waals surface area contributed by atoms with Crippen molar-refractivity contribution >= 4 is 5.82 Å². The third-order valence-corrected chi connectivity index (χ3v) is 2.37. The highest BCUT2D eigenvalue weighted by molar-refractivity contribution is 5.31. The number of nitrogens with zero attached hydrogens (tertiary/aromatic N) is 2. The molecule has 1 aliphatic heterocycles. The molecule has 1 atom stereocenters. The van der Waals surface area contributed by atoms with Gasteiger partial charge in [0.15, 0.2) is 0 Å². The maximum atomic E-state index is 5.59. The molecular formula is C10H15N3O. The highest BCUT2D eigenvalue weighted by atomic mass is 16.5. The van der Waals surface area contributed by atoms with Crippen LogP contribution in [0.25, 0.3) is 0 Å². The first kappa shape index (κ1) is 9.40. The Hall–Kier alpha value is -1.16. The number of ether oxygens (including phenoxy) is 1. The van der Waals surface area contributed by atoms with Crippen LogP contribution in [-0.4, -0.2) is 29.2 Å². The van der Waals surface area contributed by atoms with Crippen LogP contribution in [0.5, 0.6) is 0 Å². The van der Waals surface area contributed by atoms with Gasteiger partial charge >= 0.3 is 0 Å². The summed E-state index contributed by atoms with van der Waals surface area (Å²) in [6.45, 7) is 1.74. The molecule has 4 nitrogen and oxygen atoms in total. The molecule has 2 rings (SSSR count). The molecule has 0 bridgehead atoms. The Bertz CT molecular complexity index is 259. The van der Waals surface area contributed by atoms with Crippen LogP contribution in [0.4, 0.5) is 5.82 Å². The molecule has 1 aliphatic rings. The molecule has 0 aromatic carbocycles. The average Bonchev–Trinajstić information content (AvgIpc) is 2.29. The first-order chi connectivity index (χ1) is 6.95. The summed E-state index contributed by atoms with van der Waals surface area (Å²) >= 11 is 0. The minimum Gasteiger partial charge on any atom is -0.376 e. The number of rotatable bonds is 3. The summed E-state index contributed by atoms with van der Waals surface area (Å²) in [6.07, 6.45) is 7.25. The van der Waals surface area contributed by atoms with Gasteiger partial charge in [-0.3, -0.25) is 0 Å². The maximum Gasteiger partial charge on any atom is 0.129 e. The highest BCUT2D eigenvalue weighted by Gasteiger charge is 2.12. The lowest BCUT2D eigenvalue weighted by Crippen LogP contribution is -2.27. The van der Waals surface area contributed by atoms with Crippen molar-refractivity contribution in [1.82, 2.24) is 9.97 Å². The van der Waals surface area contributed by atoms with Crippen molar-refractivity contribution in [3.63, 3.8) is 0 Å². The Morgan fingerprint density at radius 3 is 3.21 bits per heavy atom. The Morgan fingerprint density at radius 2 is 2.50 bits per heavy atom. The molecule has 0 aliphatic carbocycles. The van der Waals surface area contributed by atoms with Gasteiger partial charge < -0.3 is 10.1 Å². The molecule has 0 spiro atoms. The smallest absolute Gasteiger partial charge is 0.129 e. The quantitative estimate of drug-likeness (QED) is 0.789. The fourth-order valence-corrected chi connectivity index (χ4v) is 1.58. The van der Waals surface area contributed by atoms with Crippen molar-refractivity contribution in [3.05, 3.63) is 18.6 Å². The molecule has 1 fully saturated rings. The van der Waals surface area contributed by atoms with Crippen molar-refractivity contribution in [3.8, 4) is 0 Å². The molecule has 1 aromatic rings. The molecule has 1 N–H and O–H groups in total. The predicted octanol–water partition coefficient (Wildman–Crippen LogP) is 1.46. The van der Waals surface area contributed by atoms with E-state index >= 15 is 0 Å². The van der Waals surface area contributed by atoms with Crippen LogP contribution in [0.1, 0.15) is 19.3 Å². The summed E-state index contributed by atoms with van der Waals surface area (Å²) in [4.78, 5) is 7.94. The molecule has 0 saturated carbocycles. The first-order valence-corrected chi connectivity index (χ1v) is 5.06. The minimum absolute atomic E-state index is 0.346. The Morgan fingerprint density at radius 1 is 1.50 bits per heavy atom. The molecular weight excluding hydrogens is 178 g/mol. The fourth-order valence-electron chi connectivity index (χ4n) is 1.58. The van der Waals surface area contributed by atoms with E-state index in [2.05, 4.69) is 15.3 Å². The van der Waals surface area contributed by atoms with Crippen LogP contribution in [0, 0.1) is 0 Å². The predicted molar refractivity (Wildman–Crippen MR) is 54.1 cm³/mol. The van der Waals surface area contributed by atoms with Crippen LogP contribution < -0.4 is 5.32 Å². The number of hydrogen-bond acceptors (Lipinski definition) is 4. The molecule has 14 heavy (non-hydrogen) atoms. The van der Waals surface area contributed by atoms with E-state index in [4.69, 9.17) is 4.74 Å². The van der Waals surface area contributed by atoms with Gasteiger partial charge in [-0.2, -0.15) is 0 Å². The number of aromatic nitrogens is 2. The summed E-state index contributed by atoms with van der Waals surface area (Å²) in [6, 6.07) is 1.86. The number of anilines is 1. The SMILES string of the molecule is c1cc(NCC2CCCCO2)ncn1. The normalized spacial score (nSPS) is 21.9. The highest BCUT2D eigenvalue weighted by Crippen LogP contribution is 2.12. The van der Waals surface area contributed by atoms with Crippen LogP contribution in [0.15, 0.2) is 18.6 Å². The van der Waals surface area contributed by atoms with Gasteiger partial charge in [-0.1, -0.05) is 0 Å². The fraction of sp³-hybridized carbons (Fsp3) is 0.600. The molecule has 1 aromatic heterocycles. The summed E-state index contributed by atoms with van der Waals surface area (Å²) < 4.78 is 5.59. The van der Waals surface area contributed by atoms with Gasteiger partial charge in [0.05, 0.1) is 6.10 Å². The van der Waals surface area contributed by atoms with Gasteiger partial charge in [0, 0.05) is 19.3 Å². The van der Waals surface area contributed by atoms with Gasteiger partial charge in [-0.05, 0) is 25.3 Å². The second-order valence-electron chi connectivity index (χ2n) is 3.46. The van der Waals surface area contributed by atoms with E-state index in [1.165, 1.54) is 12.8 Å². The van der Waals surface area contributed by atoms with Gasteiger partial charge in [0.2, 0.25) is 0 Å². The Labute approximate surface area is 83.7 Å². The second-order valence-corrected chi connectivity index (χ2v) is 3.46. The molecule has 0 radical (unpaired) electrons. The lowest BCUT2D eigenvalue weighted by Gasteiger charge is -2.22. The van der Waals surface area contributed by atoms with Gasteiger partial charge in [0.25, 0.3) is 0 Å². The lowest BCUT2D eigenvalue weighted by atomic mass is 10.1. The van der Waals surface area contributed by atoms with Crippen molar-refractivity contribution < 1.29 is 4.74 Å². The zero-order chi connectivity index (χ0) is 9.64. The summed E-state index contributed by atoms with van der Waals surface area (Å²) in [5, 5.41) is 3.24. The van der Waals surface area contributed by atoms with Crippen LogP contribution in [-0.2, 0) is 4.74 Å². The third kappa shape index (κ3) is 2.67. The van der Waals surface area contributed by atoms with E-state index in [1.807, 2.05) is 6.07 Å². The van der Waals surface area contributed by atoms with E-state index < -0.39 is 0 Å². The van der Waals surface area contributed by atoms with Gasteiger partial charge in [-0.25, -0.2) is 9.97 Å². The topological polar surface area (TPSA) is 47.0 Å². The van der Waals surface area contributed by atoms with E-state index in [0.29, 0.717) is 6.10 Å². The van der Waals surface area contributed by atoms with Crippen LogP contribution in [0.2, 0.25) is 0 Å². The standard InChI is InChI=1S/C10H15N3O/c1-2-6-14-9(3-1)7-12-10-4-5-11-8-13-10/h4-5,8-9H,1-3,6-7H2,(H,11,12,13). The molecule has 0 amide bonds. The van der Waals surface area contributed by atoms with E-state index in [9.17, 15) is 0 Å². The number of hydrogen-bond donors (Lipinski definition) is 1. The van der Waals surface area contributed by atoms with Gasteiger partial charge in [0.1, 0.15) is 12.1 Å². The molecule has 1 saturated heterocycles. The average molecular weight is 193 g/mol. The zero-order valence-electron chi connectivity index (χ0n) is 8.15. The molecule has 76 valence electrons. The van der Waals surface area contributed by atoms with E-state index in [-0.39, 0.29) is 0 Å². The lowest BCUT2D eigenvalue weighted by molar-refractivity contribution is 0.0247. The second kappa shape index (κ2) is 4.91. The zero-order valence-corrected chi connectivity index (χ0v) is 8.15. The van der Waals surface area contributed by atoms with Crippen LogP contribution in [0.3, 0.4) is 0 Å². The minimum atomic E-state index is 0.346. The molecule has 1 unspecified atom stereocenters. The van der Waals surface area contributed by atoms with Crippen molar-refractivity contribution in [2.75, 3.05) is 18.5 Å². The number of nitrogens with one attached hydrogen (secondary N) is 1. The summed E-state index contributed by atoms with van der Waals surface area (Å²) in [5.41, 5.74) is 0. The van der Waals surface area contributed by atoms with E-state index in [0.717, 1.165) is 25.4 Å². The van der Waals surface area contributed by atoms with E-state index in [1.54, 1.807) is 12.5 Å². The van der Waals surface area contributed by atoms with Crippen molar-refractivity contribution in [2.45, 2.75) is 25.4 Å². The van der Waals surface area contributed by atoms with Gasteiger partial charge in [-0.15, -0.1) is 0 Å². The molecule has 2 heterocycles. The first-order valence-electron chi connectivity index (χ1n) is 5.06. The molecule has 4 heteroatoms. The Balaban J connectivity index is 1.76. The summed E-state index contributed by atoms with van der Waals surface area (Å²) in [7, 11) is 0. The Kier molecular flexibility index (Phi) is 3.29. The van der Waals surface area contributed by atoms with Crippen LogP contribution >= 0.6 is 0 Å².